The normalized spacial score (nSPS) is 12.3. The molecule has 2 nitrogen and oxygen atoms in total. The van der Waals surface area contributed by atoms with Gasteiger partial charge in [-0.05, 0) is 112 Å². The Balaban J connectivity index is 1.07. The minimum atomic E-state index is 1.01. The lowest BCUT2D eigenvalue weighted by molar-refractivity contribution is 0.968. The fraction of sp³-hybridized carbons (Fsp3) is 0.0357. The first kappa shape index (κ1) is 36.2. The third-order valence-electron chi connectivity index (χ3n) is 11.1. The van der Waals surface area contributed by atoms with E-state index in [4.69, 9.17) is 0 Å². The number of para-hydroxylation sites is 2. The van der Waals surface area contributed by atoms with Crippen molar-refractivity contribution in [3.8, 4) is 22.3 Å². The van der Waals surface area contributed by atoms with E-state index in [9.17, 15) is 0 Å². The van der Waals surface area contributed by atoms with E-state index in [1.165, 1.54) is 38.7 Å². The van der Waals surface area contributed by atoms with Crippen LogP contribution < -0.4 is 9.80 Å². The smallest absolute Gasteiger partial charge is 0.0540 e. The molecule has 8 aromatic rings. The minimum Gasteiger partial charge on any atom is -0.310 e. The Morgan fingerprint density at radius 3 is 1.79 bits per heavy atom. The van der Waals surface area contributed by atoms with Gasteiger partial charge in [-0.3, -0.25) is 0 Å². The van der Waals surface area contributed by atoms with Crippen LogP contribution in [0.5, 0.6) is 0 Å². The summed E-state index contributed by atoms with van der Waals surface area (Å²) >= 11 is 0. The molecule has 9 rings (SSSR count). The zero-order valence-electron chi connectivity index (χ0n) is 32.5. The molecule has 0 spiro atoms. The molecule has 0 aromatic heterocycles. The number of fused-ring (bicyclic) bond motifs is 2. The average molecular weight is 745 g/mol. The van der Waals surface area contributed by atoms with Crippen LogP contribution in [0.25, 0.3) is 44.3 Å². The highest BCUT2D eigenvalue weighted by Crippen LogP contribution is 2.43. The Morgan fingerprint density at radius 2 is 1.07 bits per heavy atom. The van der Waals surface area contributed by atoms with Crippen molar-refractivity contribution in [2.45, 2.75) is 12.8 Å². The van der Waals surface area contributed by atoms with Crippen molar-refractivity contribution < 1.29 is 0 Å². The Labute approximate surface area is 342 Å². The molecule has 278 valence electrons. The quantitative estimate of drug-likeness (QED) is 0.122. The van der Waals surface area contributed by atoms with E-state index in [2.05, 4.69) is 223 Å². The number of rotatable bonds is 11. The van der Waals surface area contributed by atoms with E-state index >= 15 is 0 Å². The molecule has 0 bridgehead atoms. The number of benzene rings is 8. The maximum atomic E-state index is 4.22. The van der Waals surface area contributed by atoms with Crippen LogP contribution in [-0.4, -0.2) is 0 Å². The largest absolute Gasteiger partial charge is 0.310 e. The van der Waals surface area contributed by atoms with Crippen LogP contribution in [0.2, 0.25) is 0 Å². The second kappa shape index (κ2) is 16.4. The standard InChI is InChI=1S/C56H44N2/c1-3-17-41(4-2)54-40-50(58(48-24-9-6-10-25-48)56-29-16-21-45-19-12-14-27-53(45)56)38-39-51(54)46-32-30-42(31-33-46)43-34-36-49(37-35-43)57(47-22-7-5-8-23-47)55-28-15-20-44-18-11-13-26-52(44)55/h3-14,16-19,21-40H,1-2,15,20H2/b41-17+. The molecule has 0 saturated carbocycles. The van der Waals surface area contributed by atoms with Gasteiger partial charge in [-0.25, -0.2) is 0 Å². The SMILES string of the molecule is C=C/C=C(\C=C)c1cc(N(c2ccccc2)c2cccc3ccccc23)ccc1-c1ccc(-c2ccc(N(C3=CCCc4ccccc43)c3ccccc3)cc2)cc1. The molecule has 0 amide bonds. The number of hydrogen-bond donors (Lipinski definition) is 0. The maximum absolute atomic E-state index is 4.22. The van der Waals surface area contributed by atoms with Crippen molar-refractivity contribution in [1.29, 1.82) is 0 Å². The summed E-state index contributed by atoms with van der Waals surface area (Å²) in [7, 11) is 0. The zero-order chi connectivity index (χ0) is 39.3. The van der Waals surface area contributed by atoms with Crippen molar-refractivity contribution in [1.82, 2.24) is 0 Å². The molecule has 0 N–H and O–H groups in total. The first-order chi connectivity index (χ1) is 28.7. The summed E-state index contributed by atoms with van der Waals surface area (Å²) in [5, 5.41) is 2.39. The Morgan fingerprint density at radius 1 is 0.483 bits per heavy atom. The van der Waals surface area contributed by atoms with Gasteiger partial charge in [-0.1, -0.05) is 177 Å². The molecule has 0 fully saturated rings. The highest BCUT2D eigenvalue weighted by Gasteiger charge is 2.22. The van der Waals surface area contributed by atoms with E-state index in [0.29, 0.717) is 0 Å². The summed E-state index contributed by atoms with van der Waals surface area (Å²) in [4.78, 5) is 4.74. The lowest BCUT2D eigenvalue weighted by atomic mass is 9.91. The molecule has 0 radical (unpaired) electrons. The van der Waals surface area contributed by atoms with Crippen molar-refractivity contribution >= 4 is 50.5 Å². The van der Waals surface area contributed by atoms with Crippen molar-refractivity contribution in [3.05, 3.63) is 248 Å². The Kier molecular flexibility index (Phi) is 10.2. The average Bonchev–Trinajstić information content (AvgIpc) is 3.29. The Hall–Kier alpha value is -7.42. The van der Waals surface area contributed by atoms with Crippen LogP contribution in [0.4, 0.5) is 28.4 Å². The fourth-order valence-corrected chi connectivity index (χ4v) is 8.29. The van der Waals surface area contributed by atoms with Gasteiger partial charge in [0.25, 0.3) is 0 Å². The zero-order valence-corrected chi connectivity index (χ0v) is 32.5. The molecule has 2 heteroatoms. The predicted molar refractivity (Wildman–Crippen MR) is 249 cm³/mol. The lowest BCUT2D eigenvalue weighted by Gasteiger charge is -2.31. The highest BCUT2D eigenvalue weighted by molar-refractivity contribution is 6.00. The molecule has 1 aliphatic rings. The fourth-order valence-electron chi connectivity index (χ4n) is 8.29. The van der Waals surface area contributed by atoms with Gasteiger partial charge in [-0.2, -0.15) is 0 Å². The van der Waals surface area contributed by atoms with Gasteiger partial charge >= 0.3 is 0 Å². The summed E-state index contributed by atoms with van der Waals surface area (Å²) in [6.45, 7) is 8.26. The van der Waals surface area contributed by atoms with Crippen molar-refractivity contribution in [2.24, 2.45) is 0 Å². The third kappa shape index (κ3) is 7.09. The Bertz CT molecular complexity index is 2790. The van der Waals surface area contributed by atoms with Crippen LogP contribution in [0.15, 0.2) is 232 Å². The lowest BCUT2D eigenvalue weighted by Crippen LogP contribution is -2.18. The summed E-state index contributed by atoms with van der Waals surface area (Å²) < 4.78 is 0. The minimum absolute atomic E-state index is 1.01. The van der Waals surface area contributed by atoms with E-state index < -0.39 is 0 Å². The van der Waals surface area contributed by atoms with Crippen molar-refractivity contribution in [2.75, 3.05) is 9.80 Å². The van der Waals surface area contributed by atoms with Gasteiger partial charge < -0.3 is 9.80 Å². The summed E-state index contributed by atoms with van der Waals surface area (Å²) in [6.07, 6.45) is 10.3. The van der Waals surface area contributed by atoms with Crippen LogP contribution in [0.1, 0.15) is 23.1 Å². The molecule has 0 heterocycles. The molecule has 8 aromatic carbocycles. The molecular weight excluding hydrogens is 701 g/mol. The van der Waals surface area contributed by atoms with Gasteiger partial charge in [0.2, 0.25) is 0 Å². The molecule has 0 saturated heterocycles. The van der Waals surface area contributed by atoms with Crippen LogP contribution >= 0.6 is 0 Å². The topological polar surface area (TPSA) is 6.48 Å². The van der Waals surface area contributed by atoms with Gasteiger partial charge in [-0.15, -0.1) is 0 Å². The number of nitrogens with zero attached hydrogens (tertiary/aromatic N) is 2. The number of anilines is 5. The monoisotopic (exact) mass is 744 g/mol. The third-order valence-corrected chi connectivity index (χ3v) is 11.1. The molecule has 58 heavy (non-hydrogen) atoms. The molecule has 1 aliphatic carbocycles. The van der Waals surface area contributed by atoms with Gasteiger partial charge in [0, 0.05) is 39.4 Å². The van der Waals surface area contributed by atoms with Gasteiger partial charge in [0.15, 0.2) is 0 Å². The van der Waals surface area contributed by atoms with E-state index in [1.807, 2.05) is 18.2 Å². The molecule has 0 unspecified atom stereocenters. The highest BCUT2D eigenvalue weighted by atomic mass is 15.2. The van der Waals surface area contributed by atoms with Crippen molar-refractivity contribution in [3.63, 3.8) is 0 Å². The van der Waals surface area contributed by atoms with Gasteiger partial charge in [0.1, 0.15) is 0 Å². The summed E-state index contributed by atoms with van der Waals surface area (Å²) in [5.41, 5.74) is 16.2. The second-order valence-corrected chi connectivity index (χ2v) is 14.5. The van der Waals surface area contributed by atoms with Crippen LogP contribution in [0.3, 0.4) is 0 Å². The summed E-state index contributed by atoms with van der Waals surface area (Å²) in [6, 6.07) is 69.8. The van der Waals surface area contributed by atoms with E-state index in [0.717, 1.165) is 63.5 Å². The predicted octanol–water partition coefficient (Wildman–Crippen LogP) is 15.5. The first-order valence-electron chi connectivity index (χ1n) is 20.0. The molecule has 0 atom stereocenters. The molecule has 0 aliphatic heterocycles. The summed E-state index contributed by atoms with van der Waals surface area (Å²) in [5.74, 6) is 0. The van der Waals surface area contributed by atoms with E-state index in [1.54, 1.807) is 0 Å². The number of allylic oxidation sites excluding steroid dienone is 5. The van der Waals surface area contributed by atoms with E-state index in [-0.39, 0.29) is 0 Å². The number of aryl methyl sites for hydroxylation is 1. The van der Waals surface area contributed by atoms with Crippen LogP contribution in [-0.2, 0) is 6.42 Å². The number of hydrogen-bond acceptors (Lipinski definition) is 2. The van der Waals surface area contributed by atoms with Crippen LogP contribution in [0, 0.1) is 0 Å². The molecular formula is C56H44N2. The second-order valence-electron chi connectivity index (χ2n) is 14.5. The van der Waals surface area contributed by atoms with Gasteiger partial charge in [0.05, 0.1) is 5.69 Å². The maximum Gasteiger partial charge on any atom is 0.0540 e. The first-order valence-corrected chi connectivity index (χ1v) is 20.0.